The van der Waals surface area contributed by atoms with E-state index in [1.165, 1.54) is 0 Å². The van der Waals surface area contributed by atoms with Gasteiger partial charge in [0.1, 0.15) is 17.3 Å². The predicted molar refractivity (Wildman–Crippen MR) is 78.0 cm³/mol. The highest BCUT2D eigenvalue weighted by Gasteiger charge is 2.29. The van der Waals surface area contributed by atoms with Gasteiger partial charge in [0.05, 0.1) is 6.61 Å². The van der Waals surface area contributed by atoms with Gasteiger partial charge in [-0.25, -0.2) is 9.59 Å². The normalized spacial score (nSPS) is 13.9. The Hall–Kier alpha value is -1.52. The summed E-state index contributed by atoms with van der Waals surface area (Å²) in [5, 5.41) is 2.92. The zero-order valence-corrected chi connectivity index (χ0v) is 13.6. The molecule has 0 aromatic rings. The molecule has 5 nitrogen and oxygen atoms in total. The molecule has 1 N–H and O–H groups in total. The summed E-state index contributed by atoms with van der Waals surface area (Å²) in [6.45, 7) is 12.9. The van der Waals surface area contributed by atoms with Gasteiger partial charge in [0, 0.05) is 0 Å². The highest BCUT2D eigenvalue weighted by Crippen LogP contribution is 2.13. The molecule has 0 aromatic heterocycles. The summed E-state index contributed by atoms with van der Waals surface area (Å²) in [5.41, 5.74) is -0.289. The Labute approximate surface area is 121 Å². The van der Waals surface area contributed by atoms with Crippen LogP contribution in [0.2, 0.25) is 0 Å². The average Bonchev–Trinajstić information content (AvgIpc) is 2.27. The Kier molecular flexibility index (Phi) is 7.32. The fourth-order valence-electron chi connectivity index (χ4n) is 1.50. The first kappa shape index (κ1) is 18.5. The molecule has 0 saturated heterocycles. The van der Waals surface area contributed by atoms with Crippen LogP contribution in [-0.2, 0) is 19.1 Å². The second-order valence-corrected chi connectivity index (χ2v) is 5.82. The van der Waals surface area contributed by atoms with Crippen molar-refractivity contribution in [2.45, 2.75) is 60.1 Å². The van der Waals surface area contributed by atoms with Crippen LogP contribution in [-0.4, -0.2) is 30.2 Å². The van der Waals surface area contributed by atoms with Gasteiger partial charge in [0.15, 0.2) is 0 Å². The van der Waals surface area contributed by atoms with E-state index in [0.29, 0.717) is 0 Å². The van der Waals surface area contributed by atoms with Crippen LogP contribution in [0.15, 0.2) is 11.8 Å². The summed E-state index contributed by atoms with van der Waals surface area (Å²) in [6, 6.07) is -0.593. The fourth-order valence-corrected chi connectivity index (χ4v) is 1.50. The molecule has 0 unspecified atom stereocenters. The minimum Gasteiger partial charge on any atom is -0.461 e. The largest absolute Gasteiger partial charge is 0.461 e. The fraction of sp³-hybridized carbons (Fsp3) is 0.733. The van der Waals surface area contributed by atoms with Gasteiger partial charge in [-0.05, 0) is 40.5 Å². The van der Waals surface area contributed by atoms with Gasteiger partial charge in [-0.1, -0.05) is 19.9 Å². The molecule has 0 heterocycles. The summed E-state index contributed by atoms with van der Waals surface area (Å²) in [4.78, 5) is 23.9. The van der Waals surface area contributed by atoms with Crippen LogP contribution in [0.5, 0.6) is 0 Å². The number of hydrogen-bond acceptors (Lipinski definition) is 5. The van der Waals surface area contributed by atoms with Gasteiger partial charge >= 0.3 is 11.9 Å². The Balaban J connectivity index is 4.94. The molecule has 116 valence electrons. The molecule has 0 aliphatic carbocycles. The average molecular weight is 285 g/mol. The molecule has 1 atom stereocenters. The first-order valence-electron chi connectivity index (χ1n) is 6.95. The van der Waals surface area contributed by atoms with E-state index in [-0.39, 0.29) is 24.2 Å². The third kappa shape index (κ3) is 6.59. The van der Waals surface area contributed by atoms with Gasteiger partial charge < -0.3 is 14.8 Å². The zero-order valence-electron chi connectivity index (χ0n) is 13.6. The van der Waals surface area contributed by atoms with E-state index in [1.54, 1.807) is 19.9 Å². The van der Waals surface area contributed by atoms with Crippen LogP contribution in [0.4, 0.5) is 0 Å². The Morgan fingerprint density at radius 2 is 1.80 bits per heavy atom. The summed E-state index contributed by atoms with van der Waals surface area (Å²) in [6.07, 6.45) is 1.59. The van der Waals surface area contributed by atoms with Crippen LogP contribution >= 0.6 is 0 Å². The second-order valence-electron chi connectivity index (χ2n) is 5.82. The highest BCUT2D eigenvalue weighted by atomic mass is 16.6. The lowest BCUT2D eigenvalue weighted by atomic mass is 10.0. The number of allylic oxidation sites excluding steroid dienone is 1. The number of carbonyl (C=O) groups is 2. The SMILES string of the molecule is C/C=C(\N[C@H](C(=O)OC(C)(C)C)C(C)C)C(=O)OCC. The molecule has 0 aliphatic rings. The molecule has 0 saturated carbocycles. The van der Waals surface area contributed by atoms with Gasteiger partial charge in [0.25, 0.3) is 0 Å². The molecule has 0 fully saturated rings. The number of nitrogens with one attached hydrogen (secondary N) is 1. The van der Waals surface area contributed by atoms with Crippen LogP contribution in [0.25, 0.3) is 0 Å². The minimum absolute atomic E-state index is 0.0192. The van der Waals surface area contributed by atoms with E-state index in [0.717, 1.165) is 0 Å². The highest BCUT2D eigenvalue weighted by molar-refractivity contribution is 5.89. The van der Waals surface area contributed by atoms with E-state index in [9.17, 15) is 9.59 Å². The molecule has 0 radical (unpaired) electrons. The molecule has 0 rings (SSSR count). The number of ether oxygens (including phenoxy) is 2. The Morgan fingerprint density at radius 3 is 2.15 bits per heavy atom. The number of hydrogen-bond donors (Lipinski definition) is 1. The van der Waals surface area contributed by atoms with Gasteiger partial charge in [0.2, 0.25) is 0 Å². The van der Waals surface area contributed by atoms with E-state index >= 15 is 0 Å². The maximum atomic E-state index is 12.2. The van der Waals surface area contributed by atoms with Gasteiger partial charge in [-0.15, -0.1) is 0 Å². The topological polar surface area (TPSA) is 64.6 Å². The van der Waals surface area contributed by atoms with E-state index < -0.39 is 17.6 Å². The van der Waals surface area contributed by atoms with E-state index in [2.05, 4.69) is 5.32 Å². The maximum Gasteiger partial charge on any atom is 0.354 e. The van der Waals surface area contributed by atoms with Gasteiger partial charge in [-0.3, -0.25) is 0 Å². The molecule has 0 amide bonds. The molecule has 0 aromatic carbocycles. The van der Waals surface area contributed by atoms with E-state index in [4.69, 9.17) is 9.47 Å². The van der Waals surface area contributed by atoms with Crippen molar-refractivity contribution in [2.75, 3.05) is 6.61 Å². The molecular weight excluding hydrogens is 258 g/mol. The molecule has 0 aliphatic heterocycles. The van der Waals surface area contributed by atoms with Crippen molar-refractivity contribution in [3.05, 3.63) is 11.8 Å². The van der Waals surface area contributed by atoms with Gasteiger partial charge in [-0.2, -0.15) is 0 Å². The molecule has 0 bridgehead atoms. The smallest absolute Gasteiger partial charge is 0.354 e. The lowest BCUT2D eigenvalue weighted by molar-refractivity contribution is -0.158. The number of carbonyl (C=O) groups excluding carboxylic acids is 2. The lowest BCUT2D eigenvalue weighted by Crippen LogP contribution is -2.45. The molecule has 5 heteroatoms. The first-order valence-corrected chi connectivity index (χ1v) is 6.95. The summed E-state index contributed by atoms with van der Waals surface area (Å²) in [7, 11) is 0. The van der Waals surface area contributed by atoms with Crippen molar-refractivity contribution in [1.29, 1.82) is 0 Å². The quantitative estimate of drug-likeness (QED) is 0.599. The third-order valence-corrected chi connectivity index (χ3v) is 2.42. The minimum atomic E-state index is -0.593. The number of esters is 2. The van der Waals surface area contributed by atoms with Crippen LogP contribution in [0.3, 0.4) is 0 Å². The van der Waals surface area contributed by atoms with E-state index in [1.807, 2.05) is 34.6 Å². The van der Waals surface area contributed by atoms with Crippen molar-refractivity contribution in [2.24, 2.45) is 5.92 Å². The van der Waals surface area contributed by atoms with Crippen molar-refractivity contribution >= 4 is 11.9 Å². The third-order valence-electron chi connectivity index (χ3n) is 2.42. The molecule has 0 spiro atoms. The Bertz CT molecular complexity index is 367. The van der Waals surface area contributed by atoms with Crippen LogP contribution in [0, 0.1) is 5.92 Å². The zero-order chi connectivity index (χ0) is 15.9. The second kappa shape index (κ2) is 7.92. The standard InChI is InChI=1S/C15H27NO4/c1-8-11(13(17)19-9-2)16-12(10(3)4)14(18)20-15(5,6)7/h8,10,12,16H,9H2,1-7H3/b11-8-/t12-/m0/s1. The van der Waals surface area contributed by atoms with Crippen molar-refractivity contribution in [3.63, 3.8) is 0 Å². The monoisotopic (exact) mass is 285 g/mol. The maximum absolute atomic E-state index is 12.2. The lowest BCUT2D eigenvalue weighted by Gasteiger charge is -2.27. The Morgan fingerprint density at radius 1 is 1.25 bits per heavy atom. The number of rotatable bonds is 6. The molecular formula is C15H27NO4. The summed E-state index contributed by atoms with van der Waals surface area (Å²) >= 11 is 0. The molecule has 20 heavy (non-hydrogen) atoms. The van der Waals surface area contributed by atoms with Crippen LogP contribution < -0.4 is 5.32 Å². The van der Waals surface area contributed by atoms with Crippen LogP contribution in [0.1, 0.15) is 48.5 Å². The summed E-state index contributed by atoms with van der Waals surface area (Å²) < 4.78 is 10.3. The van der Waals surface area contributed by atoms with Crippen molar-refractivity contribution in [3.8, 4) is 0 Å². The van der Waals surface area contributed by atoms with Crippen molar-refractivity contribution in [1.82, 2.24) is 5.32 Å². The summed E-state index contributed by atoms with van der Waals surface area (Å²) in [5.74, 6) is -0.866. The first-order chi connectivity index (χ1) is 9.12. The van der Waals surface area contributed by atoms with Crippen molar-refractivity contribution < 1.29 is 19.1 Å². The predicted octanol–water partition coefficient (Wildman–Crippen LogP) is 2.41.